The minimum Gasteiger partial charge on any atom is -0.350 e. The Morgan fingerprint density at radius 1 is 1.24 bits per heavy atom. The Balaban J connectivity index is 1.59. The van der Waals surface area contributed by atoms with Gasteiger partial charge in [0.25, 0.3) is 0 Å². The number of aryl methyl sites for hydroxylation is 1. The second-order valence-corrected chi connectivity index (χ2v) is 7.15. The standard InChI is InChI=1S/C18H26N6O/c1-13(2)12-17(25)23-10-8-15(9-11-23)19-18-20-21-22-24(18)16-6-4-14(3)5-7-16/h4-7,13,15H,8-12H2,1-3H3,(H,19,20,22). The van der Waals surface area contributed by atoms with Crippen molar-refractivity contribution in [2.45, 2.75) is 46.1 Å². The van der Waals surface area contributed by atoms with E-state index in [0.717, 1.165) is 31.6 Å². The highest BCUT2D eigenvalue weighted by molar-refractivity contribution is 5.76. The van der Waals surface area contributed by atoms with Crippen LogP contribution in [0.25, 0.3) is 5.69 Å². The van der Waals surface area contributed by atoms with Gasteiger partial charge in [0, 0.05) is 25.6 Å². The number of piperidine rings is 1. The summed E-state index contributed by atoms with van der Waals surface area (Å²) in [6.07, 6.45) is 2.44. The third-order valence-corrected chi connectivity index (χ3v) is 4.51. The molecule has 1 aliphatic rings. The van der Waals surface area contributed by atoms with Crippen molar-refractivity contribution in [3.05, 3.63) is 29.8 Å². The van der Waals surface area contributed by atoms with Crippen LogP contribution in [-0.4, -0.2) is 50.1 Å². The smallest absolute Gasteiger partial charge is 0.247 e. The number of nitrogens with zero attached hydrogens (tertiary/aromatic N) is 5. The number of anilines is 1. The lowest BCUT2D eigenvalue weighted by atomic mass is 10.0. The molecule has 2 heterocycles. The van der Waals surface area contributed by atoms with Gasteiger partial charge >= 0.3 is 0 Å². The maximum atomic E-state index is 12.2. The molecule has 7 heteroatoms. The Labute approximate surface area is 148 Å². The van der Waals surface area contributed by atoms with Gasteiger partial charge in [-0.2, -0.15) is 4.68 Å². The molecular weight excluding hydrogens is 316 g/mol. The molecule has 1 aromatic heterocycles. The van der Waals surface area contributed by atoms with Crippen LogP contribution in [0.5, 0.6) is 0 Å². The summed E-state index contributed by atoms with van der Waals surface area (Å²) in [4.78, 5) is 14.1. The number of carbonyl (C=O) groups excluding carboxylic acids is 1. The Morgan fingerprint density at radius 2 is 1.92 bits per heavy atom. The number of nitrogens with one attached hydrogen (secondary N) is 1. The summed E-state index contributed by atoms with van der Waals surface area (Å²) in [5, 5.41) is 15.4. The van der Waals surface area contributed by atoms with Crippen LogP contribution < -0.4 is 5.32 Å². The average molecular weight is 342 g/mol. The first-order chi connectivity index (χ1) is 12.0. The van der Waals surface area contributed by atoms with Gasteiger partial charge in [0.2, 0.25) is 11.9 Å². The highest BCUT2D eigenvalue weighted by Crippen LogP contribution is 2.18. The van der Waals surface area contributed by atoms with Crippen molar-refractivity contribution in [3.63, 3.8) is 0 Å². The molecule has 2 aromatic rings. The van der Waals surface area contributed by atoms with Crippen molar-refractivity contribution in [2.24, 2.45) is 5.92 Å². The van der Waals surface area contributed by atoms with Gasteiger partial charge < -0.3 is 10.2 Å². The zero-order chi connectivity index (χ0) is 17.8. The van der Waals surface area contributed by atoms with Crippen molar-refractivity contribution in [2.75, 3.05) is 18.4 Å². The van der Waals surface area contributed by atoms with Gasteiger partial charge in [-0.15, -0.1) is 0 Å². The number of amides is 1. The van der Waals surface area contributed by atoms with Crippen LogP contribution in [-0.2, 0) is 4.79 Å². The summed E-state index contributed by atoms with van der Waals surface area (Å²) in [7, 11) is 0. The highest BCUT2D eigenvalue weighted by atomic mass is 16.2. The summed E-state index contributed by atoms with van der Waals surface area (Å²) in [5.41, 5.74) is 2.13. The molecule has 25 heavy (non-hydrogen) atoms. The number of hydrogen-bond donors (Lipinski definition) is 1. The Morgan fingerprint density at radius 3 is 2.56 bits per heavy atom. The van der Waals surface area contributed by atoms with E-state index in [0.29, 0.717) is 18.3 Å². The van der Waals surface area contributed by atoms with Crippen LogP contribution in [0.3, 0.4) is 0 Å². The summed E-state index contributed by atoms with van der Waals surface area (Å²) in [6, 6.07) is 8.37. The zero-order valence-electron chi connectivity index (χ0n) is 15.1. The zero-order valence-corrected chi connectivity index (χ0v) is 15.1. The van der Waals surface area contributed by atoms with Gasteiger partial charge in [0.1, 0.15) is 0 Å². The quantitative estimate of drug-likeness (QED) is 0.903. The van der Waals surface area contributed by atoms with E-state index < -0.39 is 0 Å². The number of benzene rings is 1. The molecule has 0 bridgehead atoms. The molecule has 1 saturated heterocycles. The molecule has 0 unspecified atom stereocenters. The van der Waals surface area contributed by atoms with E-state index in [2.05, 4.69) is 41.6 Å². The number of aromatic nitrogens is 4. The van der Waals surface area contributed by atoms with E-state index >= 15 is 0 Å². The summed E-state index contributed by atoms with van der Waals surface area (Å²) < 4.78 is 1.72. The minimum absolute atomic E-state index is 0.262. The van der Waals surface area contributed by atoms with Crippen LogP contribution in [0.15, 0.2) is 24.3 Å². The van der Waals surface area contributed by atoms with E-state index in [1.165, 1.54) is 5.56 Å². The first-order valence-electron chi connectivity index (χ1n) is 8.92. The molecule has 1 N–H and O–H groups in total. The molecule has 134 valence electrons. The summed E-state index contributed by atoms with van der Waals surface area (Å²) >= 11 is 0. The van der Waals surface area contributed by atoms with E-state index in [1.807, 2.05) is 29.2 Å². The monoisotopic (exact) mass is 342 g/mol. The molecule has 0 atom stereocenters. The van der Waals surface area contributed by atoms with E-state index in [-0.39, 0.29) is 11.9 Å². The maximum Gasteiger partial charge on any atom is 0.247 e. The molecule has 1 amide bonds. The van der Waals surface area contributed by atoms with Crippen LogP contribution in [0.1, 0.15) is 38.7 Å². The van der Waals surface area contributed by atoms with Gasteiger partial charge in [-0.3, -0.25) is 4.79 Å². The third-order valence-electron chi connectivity index (χ3n) is 4.51. The van der Waals surface area contributed by atoms with Gasteiger partial charge in [-0.25, -0.2) is 0 Å². The highest BCUT2D eigenvalue weighted by Gasteiger charge is 2.24. The molecule has 1 fully saturated rings. The third kappa shape index (κ3) is 4.35. The fourth-order valence-electron chi connectivity index (χ4n) is 3.07. The minimum atomic E-state index is 0.262. The summed E-state index contributed by atoms with van der Waals surface area (Å²) in [6.45, 7) is 7.79. The number of carbonyl (C=O) groups is 1. The second kappa shape index (κ2) is 7.63. The Hall–Kier alpha value is -2.44. The first kappa shape index (κ1) is 17.4. The van der Waals surface area contributed by atoms with Gasteiger partial charge in [0.05, 0.1) is 5.69 Å². The molecule has 0 saturated carbocycles. The molecule has 1 aromatic carbocycles. The lowest BCUT2D eigenvalue weighted by Crippen LogP contribution is -2.43. The van der Waals surface area contributed by atoms with Crippen LogP contribution in [0.2, 0.25) is 0 Å². The molecule has 1 aliphatic heterocycles. The van der Waals surface area contributed by atoms with Crippen molar-refractivity contribution in [1.29, 1.82) is 0 Å². The van der Waals surface area contributed by atoms with Crippen molar-refractivity contribution >= 4 is 11.9 Å². The fourth-order valence-corrected chi connectivity index (χ4v) is 3.07. The first-order valence-corrected chi connectivity index (χ1v) is 8.92. The number of likely N-dealkylation sites (tertiary alicyclic amines) is 1. The fraction of sp³-hybridized carbons (Fsp3) is 0.556. The van der Waals surface area contributed by atoms with Crippen LogP contribution in [0, 0.1) is 12.8 Å². The van der Waals surface area contributed by atoms with Crippen molar-refractivity contribution in [1.82, 2.24) is 25.1 Å². The molecule has 7 nitrogen and oxygen atoms in total. The van der Waals surface area contributed by atoms with Gasteiger partial charge in [0.15, 0.2) is 0 Å². The van der Waals surface area contributed by atoms with Gasteiger partial charge in [-0.1, -0.05) is 36.6 Å². The largest absolute Gasteiger partial charge is 0.350 e. The molecular formula is C18H26N6O. The maximum absolute atomic E-state index is 12.2. The lowest BCUT2D eigenvalue weighted by molar-refractivity contribution is -0.132. The van der Waals surface area contributed by atoms with Crippen LogP contribution >= 0.6 is 0 Å². The normalized spacial score (nSPS) is 15.6. The van der Waals surface area contributed by atoms with E-state index in [4.69, 9.17) is 0 Å². The van der Waals surface area contributed by atoms with E-state index in [1.54, 1.807) is 4.68 Å². The topological polar surface area (TPSA) is 75.9 Å². The lowest BCUT2D eigenvalue weighted by Gasteiger charge is -2.32. The number of hydrogen-bond acceptors (Lipinski definition) is 5. The Kier molecular flexibility index (Phi) is 5.31. The van der Waals surface area contributed by atoms with Crippen molar-refractivity contribution < 1.29 is 4.79 Å². The second-order valence-electron chi connectivity index (χ2n) is 7.15. The van der Waals surface area contributed by atoms with Crippen LogP contribution in [0.4, 0.5) is 5.95 Å². The predicted molar refractivity (Wildman–Crippen MR) is 96.6 cm³/mol. The summed E-state index contributed by atoms with van der Waals surface area (Å²) in [5.74, 6) is 1.32. The molecule has 0 radical (unpaired) electrons. The molecule has 0 aliphatic carbocycles. The number of tetrazole rings is 1. The van der Waals surface area contributed by atoms with Crippen molar-refractivity contribution in [3.8, 4) is 5.69 Å². The van der Waals surface area contributed by atoms with Gasteiger partial charge in [-0.05, 0) is 48.2 Å². The molecule has 3 rings (SSSR count). The predicted octanol–water partition coefficient (Wildman–Crippen LogP) is 2.42. The van der Waals surface area contributed by atoms with E-state index in [9.17, 15) is 4.79 Å². The molecule has 0 spiro atoms. The Bertz CT molecular complexity index is 701. The number of rotatable bonds is 5. The average Bonchev–Trinajstić information content (AvgIpc) is 3.03. The SMILES string of the molecule is Cc1ccc(-n2nnnc2NC2CCN(C(=O)CC(C)C)CC2)cc1.